The van der Waals surface area contributed by atoms with Crippen LogP contribution in [0.5, 0.6) is 5.75 Å². The molecule has 0 atom stereocenters. The first-order valence-corrected chi connectivity index (χ1v) is 8.12. The van der Waals surface area contributed by atoms with Crippen molar-refractivity contribution in [3.05, 3.63) is 64.1 Å². The third-order valence-corrected chi connectivity index (χ3v) is 3.76. The summed E-state index contributed by atoms with van der Waals surface area (Å²) in [5.74, 6) is 1.21. The zero-order valence-electron chi connectivity index (χ0n) is 12.8. The standard InChI is InChI=1S/C18H20BrNO2/c1-13(2)14-5-4-8-17(12-14)22-10-9-20-18(21)15-6-3-7-16(19)11-15/h3-8,11-13H,9-10H2,1-2H3,(H,20,21). The highest BCUT2D eigenvalue weighted by atomic mass is 79.9. The van der Waals surface area contributed by atoms with Crippen LogP contribution in [0.4, 0.5) is 0 Å². The largest absolute Gasteiger partial charge is 0.492 e. The van der Waals surface area contributed by atoms with Crippen molar-refractivity contribution in [3.63, 3.8) is 0 Å². The van der Waals surface area contributed by atoms with Crippen LogP contribution in [0.1, 0.15) is 35.7 Å². The van der Waals surface area contributed by atoms with E-state index in [9.17, 15) is 4.79 Å². The van der Waals surface area contributed by atoms with Gasteiger partial charge < -0.3 is 10.1 Å². The molecule has 0 unspecified atom stereocenters. The average Bonchev–Trinajstić information content (AvgIpc) is 2.51. The van der Waals surface area contributed by atoms with Gasteiger partial charge in [0.2, 0.25) is 0 Å². The van der Waals surface area contributed by atoms with Gasteiger partial charge in [0.25, 0.3) is 5.91 Å². The maximum atomic E-state index is 12.0. The second-order valence-corrected chi connectivity index (χ2v) is 6.26. The maximum Gasteiger partial charge on any atom is 0.251 e. The summed E-state index contributed by atoms with van der Waals surface area (Å²) in [6.45, 7) is 5.22. The van der Waals surface area contributed by atoms with Gasteiger partial charge in [-0.25, -0.2) is 0 Å². The van der Waals surface area contributed by atoms with Crippen molar-refractivity contribution >= 4 is 21.8 Å². The summed E-state index contributed by atoms with van der Waals surface area (Å²) in [5, 5.41) is 2.85. The lowest BCUT2D eigenvalue weighted by molar-refractivity contribution is 0.0947. The minimum Gasteiger partial charge on any atom is -0.492 e. The van der Waals surface area contributed by atoms with Crippen molar-refractivity contribution in [1.29, 1.82) is 0 Å². The van der Waals surface area contributed by atoms with E-state index in [2.05, 4.69) is 41.2 Å². The Labute approximate surface area is 139 Å². The SMILES string of the molecule is CC(C)c1cccc(OCCNC(=O)c2cccc(Br)c2)c1. The van der Waals surface area contributed by atoms with Gasteiger partial charge in [-0.15, -0.1) is 0 Å². The highest BCUT2D eigenvalue weighted by Crippen LogP contribution is 2.19. The van der Waals surface area contributed by atoms with Crippen LogP contribution >= 0.6 is 15.9 Å². The lowest BCUT2D eigenvalue weighted by Gasteiger charge is -2.10. The maximum absolute atomic E-state index is 12.0. The summed E-state index contributed by atoms with van der Waals surface area (Å²) in [7, 11) is 0. The molecule has 0 spiro atoms. The molecule has 2 aromatic rings. The van der Waals surface area contributed by atoms with E-state index in [0.29, 0.717) is 24.6 Å². The van der Waals surface area contributed by atoms with Gasteiger partial charge in [-0.3, -0.25) is 4.79 Å². The van der Waals surface area contributed by atoms with Gasteiger partial charge in [-0.1, -0.05) is 48.0 Å². The van der Waals surface area contributed by atoms with Gasteiger partial charge in [0.15, 0.2) is 0 Å². The number of carbonyl (C=O) groups is 1. The van der Waals surface area contributed by atoms with Gasteiger partial charge in [0.05, 0.1) is 6.54 Å². The molecule has 116 valence electrons. The number of amides is 1. The van der Waals surface area contributed by atoms with E-state index in [1.54, 1.807) is 12.1 Å². The molecule has 1 N–H and O–H groups in total. The van der Waals surface area contributed by atoms with Crippen LogP contribution in [0.2, 0.25) is 0 Å². The van der Waals surface area contributed by atoms with Crippen molar-refractivity contribution in [2.45, 2.75) is 19.8 Å². The van der Waals surface area contributed by atoms with Crippen LogP contribution in [-0.2, 0) is 0 Å². The topological polar surface area (TPSA) is 38.3 Å². The first kappa shape index (κ1) is 16.6. The van der Waals surface area contributed by atoms with Crippen LogP contribution in [-0.4, -0.2) is 19.1 Å². The first-order chi connectivity index (χ1) is 10.6. The quantitative estimate of drug-likeness (QED) is 0.775. The Morgan fingerprint density at radius 1 is 1.18 bits per heavy atom. The van der Waals surface area contributed by atoms with Crippen LogP contribution in [0.15, 0.2) is 53.0 Å². The van der Waals surface area contributed by atoms with Crippen LogP contribution in [0.3, 0.4) is 0 Å². The molecule has 2 aromatic carbocycles. The molecular weight excluding hydrogens is 342 g/mol. The molecule has 3 nitrogen and oxygen atoms in total. The van der Waals surface area contributed by atoms with Gasteiger partial charge in [0.1, 0.15) is 12.4 Å². The highest BCUT2D eigenvalue weighted by molar-refractivity contribution is 9.10. The number of ether oxygens (including phenoxy) is 1. The minimum absolute atomic E-state index is 0.0965. The Kier molecular flexibility index (Phi) is 6.01. The van der Waals surface area contributed by atoms with E-state index in [1.807, 2.05) is 30.3 Å². The molecule has 2 rings (SSSR count). The first-order valence-electron chi connectivity index (χ1n) is 7.33. The van der Waals surface area contributed by atoms with Crippen molar-refractivity contribution in [2.24, 2.45) is 0 Å². The van der Waals surface area contributed by atoms with Crippen molar-refractivity contribution in [3.8, 4) is 5.75 Å². The fourth-order valence-electron chi connectivity index (χ4n) is 2.03. The van der Waals surface area contributed by atoms with Gasteiger partial charge in [-0.2, -0.15) is 0 Å². The summed E-state index contributed by atoms with van der Waals surface area (Å²) in [6.07, 6.45) is 0. The molecular formula is C18H20BrNO2. The van der Waals surface area contributed by atoms with Crippen molar-refractivity contribution < 1.29 is 9.53 Å². The highest BCUT2D eigenvalue weighted by Gasteiger charge is 2.05. The van der Waals surface area contributed by atoms with E-state index in [0.717, 1.165) is 10.2 Å². The van der Waals surface area contributed by atoms with Gasteiger partial charge >= 0.3 is 0 Å². The lowest BCUT2D eigenvalue weighted by atomic mass is 10.0. The molecule has 0 fully saturated rings. The second kappa shape index (κ2) is 7.99. The summed E-state index contributed by atoms with van der Waals surface area (Å²) >= 11 is 3.36. The Balaban J connectivity index is 1.80. The minimum atomic E-state index is -0.0965. The Morgan fingerprint density at radius 3 is 2.68 bits per heavy atom. The zero-order chi connectivity index (χ0) is 15.9. The Morgan fingerprint density at radius 2 is 1.95 bits per heavy atom. The average molecular weight is 362 g/mol. The Bertz CT molecular complexity index is 640. The summed E-state index contributed by atoms with van der Waals surface area (Å²) in [5.41, 5.74) is 1.88. The third kappa shape index (κ3) is 4.88. The van der Waals surface area contributed by atoms with Gasteiger partial charge in [-0.05, 0) is 41.8 Å². The van der Waals surface area contributed by atoms with Gasteiger partial charge in [0, 0.05) is 10.0 Å². The summed E-state index contributed by atoms with van der Waals surface area (Å²) < 4.78 is 6.57. The number of carbonyl (C=O) groups excluding carboxylic acids is 1. The molecule has 22 heavy (non-hydrogen) atoms. The van der Waals surface area contributed by atoms with Crippen molar-refractivity contribution in [2.75, 3.05) is 13.2 Å². The van der Waals surface area contributed by atoms with Crippen LogP contribution < -0.4 is 10.1 Å². The van der Waals surface area contributed by atoms with E-state index in [4.69, 9.17) is 4.74 Å². The fourth-order valence-corrected chi connectivity index (χ4v) is 2.43. The lowest BCUT2D eigenvalue weighted by Crippen LogP contribution is -2.28. The zero-order valence-corrected chi connectivity index (χ0v) is 14.4. The summed E-state index contributed by atoms with van der Waals surface area (Å²) in [6, 6.07) is 15.4. The van der Waals surface area contributed by atoms with E-state index >= 15 is 0 Å². The molecule has 0 aliphatic carbocycles. The fraction of sp³-hybridized carbons (Fsp3) is 0.278. The van der Waals surface area contributed by atoms with Crippen molar-refractivity contribution in [1.82, 2.24) is 5.32 Å². The predicted molar refractivity (Wildman–Crippen MR) is 92.5 cm³/mol. The molecule has 0 aliphatic rings. The molecule has 0 bridgehead atoms. The van der Waals surface area contributed by atoms with E-state index in [1.165, 1.54) is 5.56 Å². The molecule has 0 aliphatic heterocycles. The molecule has 0 saturated carbocycles. The number of nitrogens with one attached hydrogen (secondary N) is 1. The Hall–Kier alpha value is -1.81. The molecule has 1 amide bonds. The van der Waals surface area contributed by atoms with E-state index in [-0.39, 0.29) is 5.91 Å². The molecule has 0 radical (unpaired) electrons. The van der Waals surface area contributed by atoms with E-state index < -0.39 is 0 Å². The monoisotopic (exact) mass is 361 g/mol. The summed E-state index contributed by atoms with van der Waals surface area (Å²) in [4.78, 5) is 12.0. The van der Waals surface area contributed by atoms with Crippen LogP contribution in [0.25, 0.3) is 0 Å². The molecule has 0 aromatic heterocycles. The third-order valence-electron chi connectivity index (χ3n) is 3.27. The second-order valence-electron chi connectivity index (χ2n) is 5.34. The number of halogens is 1. The molecule has 0 heterocycles. The number of benzene rings is 2. The molecule has 0 saturated heterocycles. The number of hydrogen-bond acceptors (Lipinski definition) is 2. The number of rotatable bonds is 6. The smallest absolute Gasteiger partial charge is 0.251 e. The predicted octanol–water partition coefficient (Wildman–Crippen LogP) is 4.38. The number of hydrogen-bond donors (Lipinski definition) is 1. The van der Waals surface area contributed by atoms with Crippen LogP contribution in [0, 0.1) is 0 Å². The molecule has 4 heteroatoms. The normalized spacial score (nSPS) is 10.5.